The highest BCUT2D eigenvalue weighted by Gasteiger charge is 2.32. The lowest BCUT2D eigenvalue weighted by Crippen LogP contribution is -2.37. The number of hydrogen-bond acceptors (Lipinski definition) is 7. The molecule has 1 aromatic heterocycles. The summed E-state index contributed by atoms with van der Waals surface area (Å²) >= 11 is 0. The van der Waals surface area contributed by atoms with Crippen LogP contribution >= 0.6 is 0 Å². The van der Waals surface area contributed by atoms with Crippen molar-refractivity contribution in [3.8, 4) is 22.9 Å². The Hall–Kier alpha value is -2.91. The lowest BCUT2D eigenvalue weighted by Gasteiger charge is -2.29. The van der Waals surface area contributed by atoms with Crippen LogP contribution in [0.5, 0.6) is 11.5 Å². The largest absolute Gasteiger partial charge is 0.497 e. The molecule has 0 bridgehead atoms. The normalized spacial score (nSPS) is 15.8. The van der Waals surface area contributed by atoms with E-state index in [1.807, 2.05) is 38.1 Å². The van der Waals surface area contributed by atoms with Gasteiger partial charge in [0.1, 0.15) is 11.5 Å². The molecule has 0 N–H and O–H groups in total. The van der Waals surface area contributed by atoms with Gasteiger partial charge in [0.25, 0.3) is 0 Å². The molecule has 1 aliphatic rings. The fourth-order valence-electron chi connectivity index (χ4n) is 3.71. The number of rotatable bonds is 7. The summed E-state index contributed by atoms with van der Waals surface area (Å²) in [4.78, 5) is 4.82. The first-order chi connectivity index (χ1) is 15.4. The van der Waals surface area contributed by atoms with Gasteiger partial charge in [0.15, 0.2) is 0 Å². The molecule has 32 heavy (non-hydrogen) atoms. The zero-order valence-electron chi connectivity index (χ0n) is 18.4. The molecular weight excluding hydrogens is 430 g/mol. The quantitative estimate of drug-likeness (QED) is 0.527. The summed E-state index contributed by atoms with van der Waals surface area (Å²) in [5, 5.41) is 4.11. The standard InChI is InChI=1S/C23H27N3O5S/c1-16(2)30-20-6-4-17(5-7-20)22-24-23(31-25-22)18-12-14-26(15-13-18)32(27,28)21-10-8-19(29-3)9-11-21/h4-11,16,18H,12-15H2,1-3H3. The molecule has 1 aliphatic heterocycles. The van der Waals surface area contributed by atoms with Crippen molar-refractivity contribution in [2.75, 3.05) is 20.2 Å². The van der Waals surface area contributed by atoms with E-state index in [-0.39, 0.29) is 16.9 Å². The van der Waals surface area contributed by atoms with Gasteiger partial charge in [-0.25, -0.2) is 8.42 Å². The van der Waals surface area contributed by atoms with E-state index in [2.05, 4.69) is 10.1 Å². The van der Waals surface area contributed by atoms with E-state index in [1.165, 1.54) is 4.31 Å². The lowest BCUT2D eigenvalue weighted by atomic mass is 9.98. The highest BCUT2D eigenvalue weighted by molar-refractivity contribution is 7.89. The molecule has 0 unspecified atom stereocenters. The van der Waals surface area contributed by atoms with Crippen LogP contribution in [0.2, 0.25) is 0 Å². The Morgan fingerprint density at radius 2 is 1.62 bits per heavy atom. The maximum absolute atomic E-state index is 12.9. The van der Waals surface area contributed by atoms with Gasteiger partial charge in [-0.3, -0.25) is 0 Å². The van der Waals surface area contributed by atoms with Gasteiger partial charge in [0, 0.05) is 24.6 Å². The second kappa shape index (κ2) is 9.30. The van der Waals surface area contributed by atoms with E-state index in [0.29, 0.717) is 43.4 Å². The van der Waals surface area contributed by atoms with Crippen molar-refractivity contribution >= 4 is 10.0 Å². The minimum Gasteiger partial charge on any atom is -0.497 e. The lowest BCUT2D eigenvalue weighted by molar-refractivity contribution is 0.242. The summed E-state index contributed by atoms with van der Waals surface area (Å²) in [6, 6.07) is 14.0. The molecule has 8 nitrogen and oxygen atoms in total. The average Bonchev–Trinajstić information content (AvgIpc) is 3.30. The Bertz CT molecular complexity index is 1130. The van der Waals surface area contributed by atoms with Gasteiger partial charge in [0.05, 0.1) is 18.1 Å². The Morgan fingerprint density at radius 3 is 2.22 bits per heavy atom. The minimum atomic E-state index is -3.54. The first-order valence-corrected chi connectivity index (χ1v) is 12.1. The molecule has 1 saturated heterocycles. The van der Waals surface area contributed by atoms with Crippen molar-refractivity contribution in [1.29, 1.82) is 0 Å². The van der Waals surface area contributed by atoms with Crippen molar-refractivity contribution in [3.05, 3.63) is 54.4 Å². The summed E-state index contributed by atoms with van der Waals surface area (Å²) in [6.07, 6.45) is 1.35. The molecule has 2 heterocycles. The van der Waals surface area contributed by atoms with Crippen LogP contribution in [0.3, 0.4) is 0 Å². The first kappa shape index (κ1) is 22.3. The fourth-order valence-corrected chi connectivity index (χ4v) is 5.18. The van der Waals surface area contributed by atoms with Gasteiger partial charge < -0.3 is 14.0 Å². The van der Waals surface area contributed by atoms with E-state index >= 15 is 0 Å². The average molecular weight is 458 g/mol. The first-order valence-electron chi connectivity index (χ1n) is 10.6. The van der Waals surface area contributed by atoms with E-state index in [1.54, 1.807) is 31.4 Å². The van der Waals surface area contributed by atoms with Crippen LogP contribution in [-0.2, 0) is 10.0 Å². The highest BCUT2D eigenvalue weighted by atomic mass is 32.2. The molecule has 2 aromatic carbocycles. The van der Waals surface area contributed by atoms with Gasteiger partial charge in [-0.15, -0.1) is 0 Å². The third-order valence-corrected chi connectivity index (χ3v) is 7.34. The number of ether oxygens (including phenoxy) is 2. The molecule has 3 aromatic rings. The Labute approximate surface area is 188 Å². The van der Waals surface area contributed by atoms with Crippen LogP contribution in [0.4, 0.5) is 0 Å². The number of piperidine rings is 1. The second-order valence-corrected chi connectivity index (χ2v) is 9.94. The molecule has 9 heteroatoms. The van der Waals surface area contributed by atoms with E-state index in [4.69, 9.17) is 14.0 Å². The minimum absolute atomic E-state index is 0.0297. The van der Waals surface area contributed by atoms with Crippen molar-refractivity contribution in [1.82, 2.24) is 14.4 Å². The predicted molar refractivity (Wildman–Crippen MR) is 119 cm³/mol. The summed E-state index contributed by atoms with van der Waals surface area (Å²) in [5.41, 5.74) is 0.843. The molecule has 0 aliphatic carbocycles. The maximum Gasteiger partial charge on any atom is 0.243 e. The smallest absolute Gasteiger partial charge is 0.243 e. The Morgan fingerprint density at radius 1 is 1.00 bits per heavy atom. The van der Waals surface area contributed by atoms with Crippen molar-refractivity contribution in [2.24, 2.45) is 0 Å². The number of sulfonamides is 1. The SMILES string of the molecule is COc1ccc(S(=O)(=O)N2CCC(c3nc(-c4ccc(OC(C)C)cc4)no3)CC2)cc1. The molecule has 0 atom stereocenters. The maximum atomic E-state index is 12.9. The Balaban J connectivity index is 1.40. The van der Waals surface area contributed by atoms with Gasteiger partial charge in [0.2, 0.25) is 21.7 Å². The van der Waals surface area contributed by atoms with Crippen LogP contribution in [0.25, 0.3) is 11.4 Å². The number of nitrogens with zero attached hydrogens (tertiary/aromatic N) is 3. The number of aromatic nitrogens is 2. The molecule has 0 radical (unpaired) electrons. The zero-order chi connectivity index (χ0) is 22.7. The number of methoxy groups -OCH3 is 1. The van der Waals surface area contributed by atoms with Gasteiger partial charge in [-0.1, -0.05) is 5.16 Å². The zero-order valence-corrected chi connectivity index (χ0v) is 19.2. The Kier molecular flexibility index (Phi) is 6.48. The monoisotopic (exact) mass is 457 g/mol. The fraction of sp³-hybridized carbons (Fsp3) is 0.391. The number of benzene rings is 2. The topological polar surface area (TPSA) is 94.8 Å². The summed E-state index contributed by atoms with van der Waals surface area (Å²) in [7, 11) is -1.99. The van der Waals surface area contributed by atoms with Crippen LogP contribution in [-0.4, -0.2) is 49.2 Å². The van der Waals surface area contributed by atoms with E-state index in [9.17, 15) is 8.42 Å². The molecule has 1 fully saturated rings. The molecule has 0 amide bonds. The summed E-state index contributed by atoms with van der Waals surface area (Å²) in [5.74, 6) is 2.50. The van der Waals surface area contributed by atoms with E-state index < -0.39 is 10.0 Å². The molecular formula is C23H27N3O5S. The van der Waals surface area contributed by atoms with Crippen LogP contribution in [0.15, 0.2) is 57.9 Å². The van der Waals surface area contributed by atoms with Gasteiger partial charge >= 0.3 is 0 Å². The van der Waals surface area contributed by atoms with Crippen LogP contribution in [0.1, 0.15) is 38.5 Å². The van der Waals surface area contributed by atoms with Crippen molar-refractivity contribution in [3.63, 3.8) is 0 Å². The predicted octanol–water partition coefficient (Wildman–Crippen LogP) is 4.10. The summed E-state index contributed by atoms with van der Waals surface area (Å²) in [6.45, 7) is 4.76. The second-order valence-electron chi connectivity index (χ2n) is 8.00. The van der Waals surface area contributed by atoms with Crippen molar-refractivity contribution in [2.45, 2.75) is 43.6 Å². The molecule has 0 saturated carbocycles. The summed E-state index contributed by atoms with van der Waals surface area (Å²) < 4.78 is 43.7. The van der Waals surface area contributed by atoms with E-state index in [0.717, 1.165) is 11.3 Å². The third-order valence-electron chi connectivity index (χ3n) is 5.43. The van der Waals surface area contributed by atoms with Gasteiger partial charge in [-0.05, 0) is 75.2 Å². The third kappa shape index (κ3) is 4.78. The number of hydrogen-bond donors (Lipinski definition) is 0. The van der Waals surface area contributed by atoms with Crippen LogP contribution in [0, 0.1) is 0 Å². The van der Waals surface area contributed by atoms with Crippen LogP contribution < -0.4 is 9.47 Å². The van der Waals surface area contributed by atoms with Crippen molar-refractivity contribution < 1.29 is 22.4 Å². The van der Waals surface area contributed by atoms with Gasteiger partial charge in [-0.2, -0.15) is 9.29 Å². The molecule has 4 rings (SSSR count). The molecule has 0 spiro atoms. The molecule has 170 valence electrons. The highest BCUT2D eigenvalue weighted by Crippen LogP contribution is 2.31.